The Morgan fingerprint density at radius 2 is 1.86 bits per heavy atom. The lowest BCUT2D eigenvalue weighted by atomic mass is 10.1. The van der Waals surface area contributed by atoms with E-state index in [9.17, 15) is 0 Å². The van der Waals surface area contributed by atoms with E-state index in [-0.39, 0.29) is 0 Å². The summed E-state index contributed by atoms with van der Waals surface area (Å²) in [5.41, 5.74) is 3.55. The molecule has 0 atom stereocenters. The lowest BCUT2D eigenvalue weighted by Gasteiger charge is -1.98. The van der Waals surface area contributed by atoms with Crippen LogP contribution in [0.1, 0.15) is 5.56 Å². The van der Waals surface area contributed by atoms with Gasteiger partial charge >= 0.3 is 4.34 Å². The van der Waals surface area contributed by atoms with E-state index in [4.69, 9.17) is 11.6 Å². The van der Waals surface area contributed by atoms with E-state index in [0.717, 1.165) is 9.90 Å². The fourth-order valence-electron chi connectivity index (χ4n) is 1.34. The minimum atomic E-state index is 0.849. The van der Waals surface area contributed by atoms with Crippen LogP contribution in [-0.4, -0.2) is 0 Å². The highest BCUT2D eigenvalue weighted by Crippen LogP contribution is 2.31. The number of halogens is 1. The molecule has 2 rings (SSSR count). The summed E-state index contributed by atoms with van der Waals surface area (Å²) in [6, 6.07) is 12.3. The van der Waals surface area contributed by atoms with E-state index in [1.165, 1.54) is 11.1 Å². The minimum absolute atomic E-state index is 0.849. The summed E-state index contributed by atoms with van der Waals surface area (Å²) in [6.07, 6.45) is 0. The van der Waals surface area contributed by atoms with Gasteiger partial charge in [0.25, 0.3) is 0 Å². The van der Waals surface area contributed by atoms with Crippen LogP contribution >= 0.6 is 22.9 Å². The van der Waals surface area contributed by atoms with Crippen LogP contribution in [0.5, 0.6) is 0 Å². The standard InChI is InChI=1S/C12H10ClS/c1-9-7-11(12(13)14-8-9)10-5-3-2-4-6-10/h2-8H,1H3/q+1. The lowest BCUT2D eigenvalue weighted by Crippen LogP contribution is -1.78. The highest BCUT2D eigenvalue weighted by Gasteiger charge is 2.12. The Balaban J connectivity index is 2.57. The number of benzene rings is 1. The quantitative estimate of drug-likeness (QED) is 0.615. The molecule has 0 unspecified atom stereocenters. The van der Waals surface area contributed by atoms with Crippen LogP contribution in [0.15, 0.2) is 41.8 Å². The summed E-state index contributed by atoms with van der Waals surface area (Å²) in [4.78, 5) is 0. The summed E-state index contributed by atoms with van der Waals surface area (Å²) in [7, 11) is 0. The van der Waals surface area contributed by atoms with Gasteiger partial charge in [-0.2, -0.15) is 0 Å². The largest absolute Gasteiger partial charge is 0.305 e. The zero-order valence-corrected chi connectivity index (χ0v) is 9.40. The molecule has 1 heterocycles. The van der Waals surface area contributed by atoms with Crippen LogP contribution in [0.25, 0.3) is 11.1 Å². The Morgan fingerprint density at radius 1 is 1.14 bits per heavy atom. The maximum Gasteiger partial charge on any atom is 0.305 e. The SMILES string of the molecule is Cc1c[s+]c(Cl)c(-c2ccccc2)c1. The summed E-state index contributed by atoms with van der Waals surface area (Å²) >= 11 is 7.73. The maximum atomic E-state index is 6.15. The lowest BCUT2D eigenvalue weighted by molar-refractivity contribution is 1.52. The smallest absolute Gasteiger partial charge is 0.0622 e. The molecule has 0 spiro atoms. The van der Waals surface area contributed by atoms with Gasteiger partial charge in [-0.25, -0.2) is 0 Å². The topological polar surface area (TPSA) is 0 Å². The Morgan fingerprint density at radius 3 is 2.57 bits per heavy atom. The second-order valence-electron chi connectivity index (χ2n) is 3.18. The van der Waals surface area contributed by atoms with Crippen LogP contribution in [0.4, 0.5) is 0 Å². The first-order valence-corrected chi connectivity index (χ1v) is 5.66. The molecule has 0 nitrogen and oxygen atoms in total. The van der Waals surface area contributed by atoms with E-state index >= 15 is 0 Å². The Labute approximate surface area is 92.8 Å². The minimum Gasteiger partial charge on any atom is -0.0622 e. The van der Waals surface area contributed by atoms with Crippen molar-refractivity contribution in [2.24, 2.45) is 0 Å². The van der Waals surface area contributed by atoms with Crippen LogP contribution in [-0.2, 0) is 0 Å². The first-order chi connectivity index (χ1) is 6.77. The third-order valence-electron chi connectivity index (χ3n) is 2.02. The van der Waals surface area contributed by atoms with Crippen molar-refractivity contribution in [1.29, 1.82) is 0 Å². The highest BCUT2D eigenvalue weighted by molar-refractivity contribution is 7.14. The summed E-state index contributed by atoms with van der Waals surface area (Å²) < 4.78 is 0.849. The van der Waals surface area contributed by atoms with E-state index in [2.05, 4.69) is 30.5 Å². The van der Waals surface area contributed by atoms with E-state index in [0.29, 0.717) is 0 Å². The molecule has 1 aromatic heterocycles. The number of rotatable bonds is 1. The zero-order chi connectivity index (χ0) is 9.97. The van der Waals surface area contributed by atoms with Crippen LogP contribution in [0, 0.1) is 6.92 Å². The molecule has 70 valence electrons. The Kier molecular flexibility index (Phi) is 2.80. The van der Waals surface area contributed by atoms with Gasteiger partial charge in [0.05, 0.1) is 5.56 Å². The second kappa shape index (κ2) is 4.07. The predicted molar refractivity (Wildman–Crippen MR) is 63.9 cm³/mol. The van der Waals surface area contributed by atoms with Gasteiger partial charge in [-0.15, -0.1) is 0 Å². The average molecular weight is 222 g/mol. The molecule has 0 aliphatic heterocycles. The van der Waals surface area contributed by atoms with Crippen molar-refractivity contribution < 1.29 is 0 Å². The van der Waals surface area contributed by atoms with Gasteiger partial charge in [-0.3, -0.25) is 0 Å². The fraction of sp³-hybridized carbons (Fsp3) is 0.0833. The molecule has 1 aromatic carbocycles. The van der Waals surface area contributed by atoms with Gasteiger partial charge in [0, 0.05) is 5.56 Å². The van der Waals surface area contributed by atoms with Crippen molar-refractivity contribution >= 4 is 22.9 Å². The van der Waals surface area contributed by atoms with Gasteiger partial charge in [0.15, 0.2) is 5.38 Å². The van der Waals surface area contributed by atoms with Gasteiger partial charge in [0.2, 0.25) is 11.3 Å². The van der Waals surface area contributed by atoms with Crippen molar-refractivity contribution in [3.05, 3.63) is 51.7 Å². The highest BCUT2D eigenvalue weighted by atomic mass is 35.5. The van der Waals surface area contributed by atoms with Crippen molar-refractivity contribution in [3.8, 4) is 11.1 Å². The molecule has 0 N–H and O–H groups in total. The first kappa shape index (κ1) is 9.63. The molecule has 0 fully saturated rings. The maximum absolute atomic E-state index is 6.15. The first-order valence-electron chi connectivity index (χ1n) is 4.41. The molecular formula is C12H10ClS+. The van der Waals surface area contributed by atoms with Crippen LogP contribution in [0.2, 0.25) is 4.34 Å². The summed E-state index contributed by atoms with van der Waals surface area (Å²) in [5, 5.41) is 2.06. The Bertz CT molecular complexity index is 437. The summed E-state index contributed by atoms with van der Waals surface area (Å²) in [5.74, 6) is 0. The molecule has 0 radical (unpaired) electrons. The van der Waals surface area contributed by atoms with Crippen molar-refractivity contribution in [2.75, 3.05) is 0 Å². The number of hydrogen-bond acceptors (Lipinski definition) is 0. The van der Waals surface area contributed by atoms with E-state index < -0.39 is 0 Å². The molecule has 0 saturated carbocycles. The van der Waals surface area contributed by atoms with Gasteiger partial charge in [-0.1, -0.05) is 30.3 Å². The number of hydrogen-bond donors (Lipinski definition) is 0. The monoisotopic (exact) mass is 221 g/mol. The van der Waals surface area contributed by atoms with Gasteiger partial charge in [-0.05, 0) is 30.2 Å². The molecule has 0 aliphatic rings. The molecule has 0 bridgehead atoms. The van der Waals surface area contributed by atoms with Gasteiger partial charge < -0.3 is 0 Å². The van der Waals surface area contributed by atoms with Crippen molar-refractivity contribution in [1.82, 2.24) is 0 Å². The molecule has 0 amide bonds. The fourth-order valence-corrected chi connectivity index (χ4v) is 2.30. The normalized spacial score (nSPS) is 10.1. The third-order valence-corrected chi connectivity index (χ3v) is 3.40. The molecular weight excluding hydrogens is 212 g/mol. The molecule has 0 aliphatic carbocycles. The average Bonchev–Trinajstić information content (AvgIpc) is 2.23. The second-order valence-corrected chi connectivity index (χ2v) is 4.66. The van der Waals surface area contributed by atoms with Gasteiger partial charge in [0.1, 0.15) is 0 Å². The molecule has 0 saturated heterocycles. The van der Waals surface area contributed by atoms with Crippen molar-refractivity contribution in [2.45, 2.75) is 6.92 Å². The zero-order valence-electron chi connectivity index (χ0n) is 7.83. The molecule has 2 heteroatoms. The van der Waals surface area contributed by atoms with Crippen LogP contribution in [0.3, 0.4) is 0 Å². The van der Waals surface area contributed by atoms with Crippen LogP contribution < -0.4 is 0 Å². The molecule has 2 aromatic rings. The van der Waals surface area contributed by atoms with Crippen molar-refractivity contribution in [3.63, 3.8) is 0 Å². The summed E-state index contributed by atoms with van der Waals surface area (Å²) in [6.45, 7) is 2.08. The Hall–Kier alpha value is -0.920. The third kappa shape index (κ3) is 1.94. The van der Waals surface area contributed by atoms with E-state index in [1.807, 2.05) is 18.2 Å². The molecule has 14 heavy (non-hydrogen) atoms. The van der Waals surface area contributed by atoms with E-state index in [1.54, 1.807) is 11.3 Å². The number of aryl methyl sites for hydroxylation is 1. The predicted octanol–water partition coefficient (Wildman–Crippen LogP) is 4.66.